The van der Waals surface area contributed by atoms with Gasteiger partial charge in [-0.1, -0.05) is 164 Å². The molecule has 2 unspecified atom stereocenters. The third-order valence-electron chi connectivity index (χ3n) is 12.6. The average molecular weight is 766 g/mol. The quantitative estimate of drug-likeness (QED) is 0.168. The van der Waals surface area contributed by atoms with E-state index in [-0.39, 0.29) is 12.0 Å². The first-order valence-corrected chi connectivity index (χ1v) is 20.8. The lowest BCUT2D eigenvalue weighted by molar-refractivity contribution is 0.747. The van der Waals surface area contributed by atoms with Gasteiger partial charge in [0.2, 0.25) is 0 Å². The summed E-state index contributed by atoms with van der Waals surface area (Å²) < 4.78 is 2.32. The second-order valence-corrected chi connectivity index (χ2v) is 15.9. The Morgan fingerprint density at radius 3 is 2.03 bits per heavy atom. The van der Waals surface area contributed by atoms with Gasteiger partial charge in [-0.2, -0.15) is 0 Å². The SMILES string of the molecule is C1=CC2C(C=C1c1ccc3c(c1)c1ccccc1n3-c1cc(-c3cccc(-c4ccc(-c5cccc6ccccc56)cc4)c3)ccn1)c1ccccc1N2c1ccccc1. The lowest BCUT2D eigenvalue weighted by Gasteiger charge is -2.29. The molecule has 0 amide bonds. The van der Waals surface area contributed by atoms with Crippen molar-refractivity contribution >= 4 is 49.5 Å². The van der Waals surface area contributed by atoms with Crippen molar-refractivity contribution in [1.82, 2.24) is 9.55 Å². The van der Waals surface area contributed by atoms with Crippen molar-refractivity contribution in [2.45, 2.75) is 12.0 Å². The summed E-state index contributed by atoms with van der Waals surface area (Å²) in [6.07, 6.45) is 9.14. The number of benzene rings is 8. The predicted octanol–water partition coefficient (Wildman–Crippen LogP) is 14.6. The van der Waals surface area contributed by atoms with E-state index in [0.717, 1.165) is 28.0 Å². The van der Waals surface area contributed by atoms with Crippen LogP contribution in [0.2, 0.25) is 0 Å². The summed E-state index contributed by atoms with van der Waals surface area (Å²) in [7, 11) is 0. The maximum Gasteiger partial charge on any atom is 0.138 e. The molecule has 0 radical (unpaired) electrons. The van der Waals surface area contributed by atoms with E-state index in [1.54, 1.807) is 0 Å². The van der Waals surface area contributed by atoms with Gasteiger partial charge in [0.05, 0.1) is 17.1 Å². The highest BCUT2D eigenvalue weighted by molar-refractivity contribution is 6.10. The summed E-state index contributed by atoms with van der Waals surface area (Å²) in [5, 5.41) is 4.97. The smallest absolute Gasteiger partial charge is 0.138 e. The topological polar surface area (TPSA) is 21.1 Å². The fourth-order valence-corrected chi connectivity index (χ4v) is 9.75. The second kappa shape index (κ2) is 14.0. The van der Waals surface area contributed by atoms with Crippen LogP contribution in [0.4, 0.5) is 11.4 Å². The van der Waals surface area contributed by atoms with Crippen LogP contribution >= 0.6 is 0 Å². The fourth-order valence-electron chi connectivity index (χ4n) is 9.75. The molecule has 0 spiro atoms. The number of anilines is 2. The third kappa shape index (κ3) is 5.62. The maximum absolute atomic E-state index is 4.99. The summed E-state index contributed by atoms with van der Waals surface area (Å²) >= 11 is 0. The number of pyridine rings is 1. The standard InChI is InChI=1S/C57H39N3/c1-2-16-46(17-3-1)59-53-22-8-6-19-49(53)51-35-43(28-30-55(51)59)44-29-31-56-52(36-44)50-20-7-9-23-54(50)60(56)57-37-45(32-33-58-57)42-15-10-14-41(34-42)38-24-26-40(27-25-38)48-21-11-13-39-12-4-5-18-47(39)48/h1-37,51,55H. The number of nitrogens with zero attached hydrogens (tertiary/aromatic N) is 3. The molecule has 2 atom stereocenters. The molecule has 3 nitrogen and oxygen atoms in total. The molecule has 1 aliphatic heterocycles. The summed E-state index contributed by atoms with van der Waals surface area (Å²) in [6, 6.07) is 72.8. The molecule has 8 aromatic carbocycles. The molecule has 0 bridgehead atoms. The Morgan fingerprint density at radius 1 is 0.450 bits per heavy atom. The summed E-state index contributed by atoms with van der Waals surface area (Å²) in [5.41, 5.74) is 15.8. The van der Waals surface area contributed by atoms with Crippen molar-refractivity contribution in [2.75, 3.05) is 4.90 Å². The molecule has 3 heteroatoms. The van der Waals surface area contributed by atoms with Crippen LogP contribution in [0.1, 0.15) is 17.0 Å². The van der Waals surface area contributed by atoms with Gasteiger partial charge in [-0.3, -0.25) is 4.57 Å². The fraction of sp³-hybridized carbons (Fsp3) is 0.0351. The number of para-hydroxylation sites is 3. The number of hydrogen-bond donors (Lipinski definition) is 0. The molecule has 1 aliphatic carbocycles. The van der Waals surface area contributed by atoms with Crippen molar-refractivity contribution in [3.63, 3.8) is 0 Å². The monoisotopic (exact) mass is 765 g/mol. The molecule has 60 heavy (non-hydrogen) atoms. The first-order chi connectivity index (χ1) is 29.7. The Labute approximate surface area is 349 Å². The maximum atomic E-state index is 4.99. The van der Waals surface area contributed by atoms with Gasteiger partial charge < -0.3 is 4.90 Å². The molecule has 0 fully saturated rings. The van der Waals surface area contributed by atoms with Gasteiger partial charge in [0.1, 0.15) is 5.82 Å². The summed E-state index contributed by atoms with van der Waals surface area (Å²) in [4.78, 5) is 7.47. The van der Waals surface area contributed by atoms with E-state index >= 15 is 0 Å². The largest absolute Gasteiger partial charge is 0.333 e. The Kier molecular flexibility index (Phi) is 7.99. The van der Waals surface area contributed by atoms with Gasteiger partial charge in [0.15, 0.2) is 0 Å². The Bertz CT molecular complexity index is 3330. The summed E-state index contributed by atoms with van der Waals surface area (Å²) in [6.45, 7) is 0. The van der Waals surface area contributed by atoms with E-state index in [2.05, 4.69) is 228 Å². The zero-order valence-electron chi connectivity index (χ0n) is 32.9. The van der Waals surface area contributed by atoms with Crippen LogP contribution in [-0.2, 0) is 0 Å². The van der Waals surface area contributed by atoms with Gasteiger partial charge in [-0.05, 0) is 115 Å². The Hall–Kier alpha value is -7.75. The van der Waals surface area contributed by atoms with E-state index < -0.39 is 0 Å². The van der Waals surface area contributed by atoms with Crippen LogP contribution in [0.5, 0.6) is 0 Å². The van der Waals surface area contributed by atoms with Crippen molar-refractivity contribution in [1.29, 1.82) is 0 Å². The molecule has 12 rings (SSSR count). The molecular formula is C57H39N3. The van der Waals surface area contributed by atoms with Crippen LogP contribution in [0, 0.1) is 0 Å². The lowest BCUT2D eigenvalue weighted by Crippen LogP contribution is -2.28. The van der Waals surface area contributed by atoms with E-state index in [9.17, 15) is 0 Å². The van der Waals surface area contributed by atoms with Crippen LogP contribution < -0.4 is 4.90 Å². The molecule has 0 N–H and O–H groups in total. The number of rotatable bonds is 6. The first-order valence-electron chi connectivity index (χ1n) is 20.8. The highest BCUT2D eigenvalue weighted by Crippen LogP contribution is 2.49. The number of fused-ring (bicyclic) bond motifs is 7. The average Bonchev–Trinajstić information content (AvgIpc) is 3.84. The number of allylic oxidation sites excluding steroid dienone is 2. The minimum absolute atomic E-state index is 0.236. The van der Waals surface area contributed by atoms with Crippen LogP contribution in [0.3, 0.4) is 0 Å². The van der Waals surface area contributed by atoms with Crippen LogP contribution in [-0.4, -0.2) is 15.6 Å². The second-order valence-electron chi connectivity index (χ2n) is 15.9. The minimum Gasteiger partial charge on any atom is -0.333 e. The number of hydrogen-bond acceptors (Lipinski definition) is 2. The molecule has 0 saturated carbocycles. The highest BCUT2D eigenvalue weighted by Gasteiger charge is 2.38. The molecule has 2 aromatic heterocycles. The molecule has 0 saturated heterocycles. The van der Waals surface area contributed by atoms with Crippen molar-refractivity contribution < 1.29 is 0 Å². The van der Waals surface area contributed by atoms with Gasteiger partial charge in [-0.25, -0.2) is 4.98 Å². The lowest BCUT2D eigenvalue weighted by atomic mass is 9.86. The zero-order valence-corrected chi connectivity index (χ0v) is 32.9. The van der Waals surface area contributed by atoms with Crippen molar-refractivity contribution in [3.05, 3.63) is 236 Å². The molecule has 3 heterocycles. The third-order valence-corrected chi connectivity index (χ3v) is 12.6. The van der Waals surface area contributed by atoms with E-state index in [4.69, 9.17) is 4.98 Å². The van der Waals surface area contributed by atoms with Gasteiger partial charge in [0.25, 0.3) is 0 Å². The Morgan fingerprint density at radius 2 is 1.13 bits per heavy atom. The normalized spacial score (nSPS) is 15.7. The first kappa shape index (κ1) is 34.3. The molecule has 282 valence electrons. The van der Waals surface area contributed by atoms with E-state index in [1.165, 1.54) is 71.9 Å². The zero-order chi connectivity index (χ0) is 39.6. The van der Waals surface area contributed by atoms with Gasteiger partial charge in [-0.15, -0.1) is 0 Å². The minimum atomic E-state index is 0.236. The molecule has 10 aromatic rings. The Balaban J connectivity index is 0.883. The number of aromatic nitrogens is 2. The van der Waals surface area contributed by atoms with Crippen molar-refractivity contribution in [2.24, 2.45) is 0 Å². The van der Waals surface area contributed by atoms with Crippen LogP contribution in [0.25, 0.3) is 77.3 Å². The molecule has 2 aliphatic rings. The van der Waals surface area contributed by atoms with Crippen molar-refractivity contribution in [3.8, 4) is 39.2 Å². The predicted molar refractivity (Wildman–Crippen MR) is 251 cm³/mol. The summed E-state index contributed by atoms with van der Waals surface area (Å²) in [5.74, 6) is 1.16. The van der Waals surface area contributed by atoms with Gasteiger partial charge >= 0.3 is 0 Å². The van der Waals surface area contributed by atoms with E-state index in [0.29, 0.717) is 0 Å². The van der Waals surface area contributed by atoms with Gasteiger partial charge in [0, 0.05) is 34.3 Å². The highest BCUT2D eigenvalue weighted by atomic mass is 15.2. The van der Waals surface area contributed by atoms with E-state index in [1.807, 2.05) is 6.20 Å². The van der Waals surface area contributed by atoms with Crippen LogP contribution in [0.15, 0.2) is 225 Å². The molecular weight excluding hydrogens is 727 g/mol.